The van der Waals surface area contributed by atoms with Crippen molar-refractivity contribution < 1.29 is 9.53 Å². The molecule has 1 unspecified atom stereocenters. The van der Waals surface area contributed by atoms with Crippen LogP contribution in [0.1, 0.15) is 26.3 Å². The minimum Gasteiger partial charge on any atom is -0.484 e. The molecule has 1 aromatic carbocycles. The summed E-state index contributed by atoms with van der Waals surface area (Å²) in [4.78, 5) is 11.9. The summed E-state index contributed by atoms with van der Waals surface area (Å²) in [7, 11) is 0. The van der Waals surface area contributed by atoms with E-state index >= 15 is 0 Å². The third kappa shape index (κ3) is 5.39. The highest BCUT2D eigenvalue weighted by molar-refractivity contribution is 5.85. The summed E-state index contributed by atoms with van der Waals surface area (Å²) in [6, 6.07) is 7.63. The first kappa shape index (κ1) is 18.7. The van der Waals surface area contributed by atoms with Crippen molar-refractivity contribution >= 4 is 18.3 Å². The van der Waals surface area contributed by atoms with Crippen LogP contribution in [0.15, 0.2) is 24.3 Å². The topological polar surface area (TPSA) is 64.3 Å². The van der Waals surface area contributed by atoms with Gasteiger partial charge in [-0.1, -0.05) is 26.0 Å². The van der Waals surface area contributed by atoms with Crippen LogP contribution in [0.25, 0.3) is 0 Å². The van der Waals surface area contributed by atoms with Crippen LogP contribution in [0, 0.1) is 12.8 Å². The summed E-state index contributed by atoms with van der Waals surface area (Å²) in [6.07, 6.45) is 0. The number of carbonyl (C=O) groups excluding carboxylic acids is 1. The molecular weight excluding hydrogens is 276 g/mol. The molecule has 0 bridgehead atoms. The number of nitrogens with one attached hydrogen (secondary N) is 1. The lowest BCUT2D eigenvalue weighted by Gasteiger charge is -2.33. The molecule has 0 radical (unpaired) electrons. The smallest absolute Gasteiger partial charge is 0.258 e. The lowest BCUT2D eigenvalue weighted by molar-refractivity contribution is -0.125. The van der Waals surface area contributed by atoms with Gasteiger partial charge in [-0.3, -0.25) is 4.79 Å². The monoisotopic (exact) mass is 300 g/mol. The number of hydrogen-bond donors (Lipinski definition) is 2. The number of aryl methyl sites for hydroxylation is 1. The quantitative estimate of drug-likeness (QED) is 0.847. The average molecular weight is 301 g/mol. The first-order valence-corrected chi connectivity index (χ1v) is 6.58. The van der Waals surface area contributed by atoms with Crippen LogP contribution in [-0.4, -0.2) is 24.6 Å². The Labute approximate surface area is 127 Å². The van der Waals surface area contributed by atoms with Crippen molar-refractivity contribution in [3.05, 3.63) is 29.8 Å². The van der Waals surface area contributed by atoms with Gasteiger partial charge in [0, 0.05) is 6.54 Å². The normalized spacial score (nSPS) is 13.3. The molecule has 1 amide bonds. The maximum absolute atomic E-state index is 11.9. The fourth-order valence-corrected chi connectivity index (χ4v) is 1.64. The summed E-state index contributed by atoms with van der Waals surface area (Å²) in [5, 5.41) is 2.94. The van der Waals surface area contributed by atoms with Crippen LogP contribution in [-0.2, 0) is 4.79 Å². The van der Waals surface area contributed by atoms with E-state index in [1.54, 1.807) is 0 Å². The van der Waals surface area contributed by atoms with Gasteiger partial charge in [-0.25, -0.2) is 0 Å². The van der Waals surface area contributed by atoms with E-state index in [0.29, 0.717) is 12.3 Å². The van der Waals surface area contributed by atoms with Gasteiger partial charge in [0.1, 0.15) is 5.75 Å². The zero-order valence-corrected chi connectivity index (χ0v) is 13.4. The van der Waals surface area contributed by atoms with Gasteiger partial charge in [0.2, 0.25) is 0 Å². The van der Waals surface area contributed by atoms with Gasteiger partial charge in [0.05, 0.1) is 5.54 Å². The second-order valence-corrected chi connectivity index (χ2v) is 5.43. The van der Waals surface area contributed by atoms with E-state index in [0.717, 1.165) is 5.56 Å². The molecular formula is C15H25ClN2O2. The number of halogens is 1. The highest BCUT2D eigenvalue weighted by Gasteiger charge is 2.28. The van der Waals surface area contributed by atoms with Gasteiger partial charge in [0.15, 0.2) is 6.61 Å². The number of hydrogen-bond acceptors (Lipinski definition) is 3. The molecule has 20 heavy (non-hydrogen) atoms. The van der Waals surface area contributed by atoms with Crippen LogP contribution in [0.3, 0.4) is 0 Å². The Bertz CT molecular complexity index is 438. The van der Waals surface area contributed by atoms with Crippen molar-refractivity contribution in [2.45, 2.75) is 33.2 Å². The maximum Gasteiger partial charge on any atom is 0.258 e. The SMILES string of the molecule is Cc1cccc(OCC(=O)NC(C)(CN)C(C)C)c1.Cl. The number of nitrogens with two attached hydrogens (primary N) is 1. The standard InChI is InChI=1S/C15H24N2O2.ClH/c1-11(2)15(4,10-16)17-14(18)9-19-13-7-5-6-12(3)8-13;/h5-8,11H,9-10,16H2,1-4H3,(H,17,18);1H. The fraction of sp³-hybridized carbons (Fsp3) is 0.533. The molecule has 3 N–H and O–H groups in total. The summed E-state index contributed by atoms with van der Waals surface area (Å²) in [5.74, 6) is 0.817. The van der Waals surface area contributed by atoms with E-state index in [1.807, 2.05) is 52.0 Å². The highest BCUT2D eigenvalue weighted by Crippen LogP contribution is 2.15. The molecule has 4 nitrogen and oxygen atoms in total. The molecule has 5 heteroatoms. The average Bonchev–Trinajstić information content (AvgIpc) is 2.36. The van der Waals surface area contributed by atoms with Crippen molar-refractivity contribution in [3.8, 4) is 5.75 Å². The highest BCUT2D eigenvalue weighted by atomic mass is 35.5. The molecule has 0 fully saturated rings. The first-order chi connectivity index (χ1) is 8.87. The van der Waals surface area contributed by atoms with Gasteiger partial charge in [-0.05, 0) is 37.5 Å². The molecule has 0 spiro atoms. The number of ether oxygens (including phenoxy) is 1. The molecule has 0 aliphatic carbocycles. The minimum atomic E-state index is -0.396. The molecule has 1 atom stereocenters. The van der Waals surface area contributed by atoms with E-state index in [2.05, 4.69) is 5.32 Å². The van der Waals surface area contributed by atoms with E-state index < -0.39 is 5.54 Å². The second-order valence-electron chi connectivity index (χ2n) is 5.43. The molecule has 0 aliphatic rings. The van der Waals surface area contributed by atoms with Crippen LogP contribution >= 0.6 is 12.4 Å². The minimum absolute atomic E-state index is 0. The third-order valence-corrected chi connectivity index (χ3v) is 3.48. The summed E-state index contributed by atoms with van der Waals surface area (Å²) >= 11 is 0. The van der Waals surface area contributed by atoms with Crippen molar-refractivity contribution in [1.29, 1.82) is 0 Å². The fourth-order valence-electron chi connectivity index (χ4n) is 1.64. The van der Waals surface area contributed by atoms with Gasteiger partial charge >= 0.3 is 0 Å². The molecule has 0 saturated heterocycles. The van der Waals surface area contributed by atoms with E-state index in [1.165, 1.54) is 0 Å². The number of carbonyl (C=O) groups is 1. The largest absolute Gasteiger partial charge is 0.484 e. The first-order valence-electron chi connectivity index (χ1n) is 6.58. The predicted molar refractivity (Wildman–Crippen MR) is 84.4 cm³/mol. The molecule has 114 valence electrons. The van der Waals surface area contributed by atoms with Gasteiger partial charge in [0.25, 0.3) is 5.91 Å². The van der Waals surface area contributed by atoms with Crippen molar-refractivity contribution in [2.24, 2.45) is 11.7 Å². The van der Waals surface area contributed by atoms with Gasteiger partial charge < -0.3 is 15.8 Å². The Morgan fingerprint density at radius 1 is 1.45 bits per heavy atom. The predicted octanol–water partition coefficient (Wildman–Crippen LogP) is 2.29. The van der Waals surface area contributed by atoms with Crippen molar-refractivity contribution in [2.75, 3.05) is 13.2 Å². The van der Waals surface area contributed by atoms with Gasteiger partial charge in [-0.2, -0.15) is 0 Å². The molecule has 1 aromatic rings. The number of rotatable bonds is 6. The Morgan fingerprint density at radius 3 is 2.60 bits per heavy atom. The van der Waals surface area contributed by atoms with Crippen molar-refractivity contribution in [3.63, 3.8) is 0 Å². The molecule has 0 saturated carbocycles. The molecule has 0 aromatic heterocycles. The Hall–Kier alpha value is -1.26. The summed E-state index contributed by atoms with van der Waals surface area (Å²) in [5.41, 5.74) is 6.44. The number of benzene rings is 1. The maximum atomic E-state index is 11.9. The Morgan fingerprint density at radius 2 is 2.10 bits per heavy atom. The van der Waals surface area contributed by atoms with Crippen LogP contribution in [0.4, 0.5) is 0 Å². The van der Waals surface area contributed by atoms with Crippen LogP contribution < -0.4 is 15.8 Å². The lowest BCUT2D eigenvalue weighted by Crippen LogP contribution is -2.56. The zero-order valence-electron chi connectivity index (χ0n) is 12.6. The molecule has 1 rings (SSSR count). The van der Waals surface area contributed by atoms with Crippen LogP contribution in [0.2, 0.25) is 0 Å². The second kappa shape index (κ2) is 8.12. The van der Waals surface area contributed by atoms with E-state index in [4.69, 9.17) is 10.5 Å². The third-order valence-electron chi connectivity index (χ3n) is 3.48. The van der Waals surface area contributed by atoms with Gasteiger partial charge in [-0.15, -0.1) is 12.4 Å². The van der Waals surface area contributed by atoms with E-state index in [-0.39, 0.29) is 30.8 Å². The van der Waals surface area contributed by atoms with Crippen LogP contribution in [0.5, 0.6) is 5.75 Å². The Balaban J connectivity index is 0.00000361. The molecule has 0 aliphatic heterocycles. The lowest BCUT2D eigenvalue weighted by atomic mass is 9.88. The van der Waals surface area contributed by atoms with Crippen molar-refractivity contribution in [1.82, 2.24) is 5.32 Å². The number of amides is 1. The zero-order chi connectivity index (χ0) is 14.5. The molecule has 0 heterocycles. The summed E-state index contributed by atoms with van der Waals surface area (Å²) in [6.45, 7) is 8.41. The Kier molecular flexibility index (Phi) is 7.61. The van der Waals surface area contributed by atoms with E-state index in [9.17, 15) is 4.79 Å². The summed E-state index contributed by atoms with van der Waals surface area (Å²) < 4.78 is 5.47.